The van der Waals surface area contributed by atoms with Gasteiger partial charge in [0.1, 0.15) is 0 Å². The van der Waals surface area contributed by atoms with E-state index in [1.165, 1.54) is 82.8 Å². The van der Waals surface area contributed by atoms with Crippen LogP contribution in [0, 0.1) is 0 Å². The van der Waals surface area contributed by atoms with E-state index in [1.54, 1.807) is 0 Å². The van der Waals surface area contributed by atoms with Crippen LogP contribution in [-0.2, 0) is 5.41 Å². The van der Waals surface area contributed by atoms with Crippen LogP contribution in [0.5, 0.6) is 0 Å². The van der Waals surface area contributed by atoms with E-state index in [9.17, 15) is 0 Å². The quantitative estimate of drug-likeness (QED) is 0.141. The molecule has 3 nitrogen and oxygen atoms in total. The molecule has 0 fully saturated rings. The molecule has 2 heterocycles. The summed E-state index contributed by atoms with van der Waals surface area (Å²) in [5.74, 6) is 0. The van der Waals surface area contributed by atoms with Crippen molar-refractivity contribution in [1.29, 1.82) is 0 Å². The Balaban J connectivity index is 0.924. The Hall–Kier alpha value is -9.44. The van der Waals surface area contributed by atoms with Crippen LogP contribution in [0.3, 0.4) is 0 Å². The highest BCUT2D eigenvalue weighted by molar-refractivity contribution is 6.14. The molecule has 0 bridgehead atoms. The fourth-order valence-electron chi connectivity index (χ4n) is 11.8. The van der Waals surface area contributed by atoms with Crippen molar-refractivity contribution in [3.05, 3.63) is 308 Å². The molecule has 0 saturated carbocycles. The van der Waals surface area contributed by atoms with Gasteiger partial charge in [0, 0.05) is 50.8 Å². The number of benzene rings is 11. The highest BCUT2D eigenvalue weighted by atomic mass is 15.1. The van der Waals surface area contributed by atoms with Crippen molar-refractivity contribution in [2.24, 2.45) is 0 Å². The summed E-state index contributed by atoms with van der Waals surface area (Å²) in [6.45, 7) is 0. The first kappa shape index (κ1) is 41.5. The standard InChI is InChI=1S/C69H47N3/c1-6-18-48(19-7-1)49-30-35-57(36-31-49)71(59-39-40-61-60-28-16-17-29-64(60)69(65(61)46-59,53-20-8-2-9-21-53)54-22-10-3-11-23-54)58-37-32-50(33-38-58)51-34-41-66-62(44-51)63-47-67-52(42-43-70(67)55-24-12-4-13-25-55)45-68(63)72(66)56-26-14-5-15-27-56/h1-47H. The van der Waals surface area contributed by atoms with Crippen LogP contribution in [0.25, 0.3) is 77.5 Å². The number of anilines is 3. The lowest BCUT2D eigenvalue weighted by Crippen LogP contribution is -2.28. The van der Waals surface area contributed by atoms with Gasteiger partial charge < -0.3 is 14.0 Å². The third kappa shape index (κ3) is 6.59. The smallest absolute Gasteiger partial charge is 0.0714 e. The van der Waals surface area contributed by atoms with Gasteiger partial charge in [-0.3, -0.25) is 0 Å². The lowest BCUT2D eigenvalue weighted by atomic mass is 9.67. The first-order chi connectivity index (χ1) is 35.7. The Bertz CT molecular complexity index is 4060. The molecule has 0 N–H and O–H groups in total. The molecule has 3 heteroatoms. The Kier molecular flexibility index (Phi) is 9.75. The molecule has 0 spiro atoms. The van der Waals surface area contributed by atoms with Crippen molar-refractivity contribution in [3.63, 3.8) is 0 Å². The summed E-state index contributed by atoms with van der Waals surface area (Å²) in [7, 11) is 0. The summed E-state index contributed by atoms with van der Waals surface area (Å²) in [5, 5.41) is 3.65. The zero-order valence-corrected chi connectivity index (χ0v) is 39.5. The number of hydrogen-bond donors (Lipinski definition) is 0. The molecule has 0 aliphatic heterocycles. The molecule has 13 aromatic rings. The van der Waals surface area contributed by atoms with E-state index >= 15 is 0 Å². The minimum Gasteiger partial charge on any atom is -0.317 e. The highest BCUT2D eigenvalue weighted by Crippen LogP contribution is 2.57. The molecule has 72 heavy (non-hydrogen) atoms. The lowest BCUT2D eigenvalue weighted by molar-refractivity contribution is 0.768. The van der Waals surface area contributed by atoms with E-state index < -0.39 is 5.41 Å². The van der Waals surface area contributed by atoms with Gasteiger partial charge in [-0.05, 0) is 147 Å². The maximum absolute atomic E-state index is 2.45. The van der Waals surface area contributed by atoms with Gasteiger partial charge in [0.15, 0.2) is 0 Å². The van der Waals surface area contributed by atoms with Crippen LogP contribution >= 0.6 is 0 Å². The van der Waals surface area contributed by atoms with Gasteiger partial charge in [0.2, 0.25) is 0 Å². The molecule has 0 unspecified atom stereocenters. The average molecular weight is 918 g/mol. The number of aromatic nitrogens is 2. The third-order valence-electron chi connectivity index (χ3n) is 15.0. The van der Waals surface area contributed by atoms with Crippen LogP contribution in [0.1, 0.15) is 22.3 Å². The van der Waals surface area contributed by atoms with Crippen LogP contribution in [-0.4, -0.2) is 9.13 Å². The summed E-state index contributed by atoms with van der Waals surface area (Å²) < 4.78 is 4.71. The minimum atomic E-state index is -0.518. The maximum atomic E-state index is 2.45. The second-order valence-corrected chi connectivity index (χ2v) is 18.9. The third-order valence-corrected chi connectivity index (χ3v) is 15.0. The molecule has 0 saturated heterocycles. The van der Waals surface area contributed by atoms with Gasteiger partial charge >= 0.3 is 0 Å². The van der Waals surface area contributed by atoms with E-state index in [2.05, 4.69) is 299 Å². The van der Waals surface area contributed by atoms with Gasteiger partial charge in [-0.1, -0.05) is 188 Å². The largest absolute Gasteiger partial charge is 0.317 e. The number of nitrogens with zero attached hydrogens (tertiary/aromatic N) is 3. The summed E-state index contributed by atoms with van der Waals surface area (Å²) in [4.78, 5) is 2.42. The van der Waals surface area contributed by atoms with Gasteiger partial charge in [0.05, 0.1) is 22.0 Å². The summed E-state index contributed by atoms with van der Waals surface area (Å²) in [6.07, 6.45) is 2.19. The first-order valence-electron chi connectivity index (χ1n) is 24.8. The van der Waals surface area contributed by atoms with Gasteiger partial charge in [-0.2, -0.15) is 0 Å². The summed E-state index contributed by atoms with van der Waals surface area (Å²) >= 11 is 0. The van der Waals surface area contributed by atoms with E-state index in [0.29, 0.717) is 0 Å². The van der Waals surface area contributed by atoms with Gasteiger partial charge in [-0.25, -0.2) is 0 Å². The van der Waals surface area contributed by atoms with E-state index in [0.717, 1.165) is 34.0 Å². The Labute approximate surface area is 419 Å². The molecular weight excluding hydrogens is 871 g/mol. The minimum absolute atomic E-state index is 0.518. The summed E-state index contributed by atoms with van der Waals surface area (Å²) in [6, 6.07) is 102. The highest BCUT2D eigenvalue weighted by Gasteiger charge is 2.46. The molecule has 14 rings (SSSR count). The molecule has 1 aliphatic carbocycles. The number of rotatable bonds is 9. The van der Waals surface area contributed by atoms with Gasteiger partial charge in [-0.15, -0.1) is 0 Å². The Morgan fingerprint density at radius 1 is 0.306 bits per heavy atom. The van der Waals surface area contributed by atoms with Crippen LogP contribution in [0.15, 0.2) is 285 Å². The molecule has 11 aromatic carbocycles. The molecule has 0 radical (unpaired) electrons. The van der Waals surface area contributed by atoms with Crippen molar-refractivity contribution < 1.29 is 0 Å². The molecule has 0 amide bonds. The van der Waals surface area contributed by atoms with Crippen molar-refractivity contribution in [1.82, 2.24) is 9.13 Å². The molecule has 2 aromatic heterocycles. The molecule has 1 aliphatic rings. The topological polar surface area (TPSA) is 13.1 Å². The van der Waals surface area contributed by atoms with Crippen LogP contribution in [0.4, 0.5) is 17.1 Å². The predicted molar refractivity (Wildman–Crippen MR) is 300 cm³/mol. The second-order valence-electron chi connectivity index (χ2n) is 18.9. The fraction of sp³-hybridized carbons (Fsp3) is 0.0145. The number of fused-ring (bicyclic) bond motifs is 7. The Morgan fingerprint density at radius 2 is 0.806 bits per heavy atom. The molecule has 338 valence electrons. The molecular formula is C69H47N3. The number of hydrogen-bond acceptors (Lipinski definition) is 1. The van der Waals surface area contributed by atoms with Crippen LogP contribution < -0.4 is 4.90 Å². The maximum Gasteiger partial charge on any atom is 0.0714 e. The predicted octanol–water partition coefficient (Wildman–Crippen LogP) is 17.9. The van der Waals surface area contributed by atoms with Gasteiger partial charge in [0.25, 0.3) is 0 Å². The summed E-state index contributed by atoms with van der Waals surface area (Å²) in [5.41, 5.74) is 20.9. The Morgan fingerprint density at radius 3 is 1.46 bits per heavy atom. The van der Waals surface area contributed by atoms with E-state index in [1.807, 2.05) is 0 Å². The normalized spacial score (nSPS) is 12.6. The average Bonchev–Trinajstić information content (AvgIpc) is 4.12. The van der Waals surface area contributed by atoms with Crippen molar-refractivity contribution in [3.8, 4) is 44.8 Å². The van der Waals surface area contributed by atoms with Crippen molar-refractivity contribution >= 4 is 49.8 Å². The van der Waals surface area contributed by atoms with Crippen LogP contribution in [0.2, 0.25) is 0 Å². The second kappa shape index (κ2) is 16.9. The first-order valence-corrected chi connectivity index (χ1v) is 24.8. The fourth-order valence-corrected chi connectivity index (χ4v) is 11.8. The zero-order chi connectivity index (χ0) is 47.6. The zero-order valence-electron chi connectivity index (χ0n) is 39.5. The lowest BCUT2D eigenvalue weighted by Gasteiger charge is -2.35. The van der Waals surface area contributed by atoms with E-state index in [4.69, 9.17) is 0 Å². The molecule has 0 atom stereocenters. The van der Waals surface area contributed by atoms with Crippen molar-refractivity contribution in [2.75, 3.05) is 4.90 Å². The monoisotopic (exact) mass is 917 g/mol. The van der Waals surface area contributed by atoms with E-state index in [-0.39, 0.29) is 0 Å². The number of para-hydroxylation sites is 2. The SMILES string of the molecule is c1ccc(-c2ccc(N(c3ccc(-c4ccc5c(c4)c4cc6c(ccn6-c6ccccc6)cc4n5-c4ccccc4)cc3)c3ccc4c(c3)C(c3ccccc3)(c3ccccc3)c3ccccc3-4)cc2)cc1. The van der Waals surface area contributed by atoms with Crippen molar-refractivity contribution in [2.45, 2.75) is 5.41 Å².